The molecule has 2 N–H and O–H groups in total. The van der Waals surface area contributed by atoms with Crippen LogP contribution in [0, 0.1) is 0 Å². The summed E-state index contributed by atoms with van der Waals surface area (Å²) in [5, 5.41) is 6.90. The average molecular weight is 250 g/mol. The van der Waals surface area contributed by atoms with Gasteiger partial charge in [-0.05, 0) is 19.0 Å². The van der Waals surface area contributed by atoms with Crippen LogP contribution in [-0.4, -0.2) is 40.1 Å². The lowest BCUT2D eigenvalue weighted by Gasteiger charge is -2.41. The van der Waals surface area contributed by atoms with E-state index in [4.69, 9.17) is 9.47 Å². The number of rotatable bonds is 5. The van der Waals surface area contributed by atoms with Gasteiger partial charge in [-0.15, -0.1) is 0 Å². The van der Waals surface area contributed by atoms with E-state index in [2.05, 4.69) is 34.9 Å². The zero-order chi connectivity index (χ0) is 12.8. The molecule has 1 saturated heterocycles. The minimum atomic E-state index is -0.0576. The van der Waals surface area contributed by atoms with E-state index in [1.807, 2.05) is 13.1 Å². The van der Waals surface area contributed by atoms with Crippen molar-refractivity contribution < 1.29 is 9.47 Å². The third kappa shape index (κ3) is 2.90. The summed E-state index contributed by atoms with van der Waals surface area (Å²) in [6.07, 6.45) is 1.12. The highest BCUT2D eigenvalue weighted by Crippen LogP contribution is 2.29. The van der Waals surface area contributed by atoms with Gasteiger partial charge in [-0.1, -0.05) is 30.3 Å². The van der Waals surface area contributed by atoms with Crippen LogP contribution in [0.5, 0.6) is 0 Å². The quantitative estimate of drug-likeness (QED) is 0.768. The maximum atomic E-state index is 5.69. The van der Waals surface area contributed by atoms with Gasteiger partial charge in [0.25, 0.3) is 0 Å². The van der Waals surface area contributed by atoms with Crippen LogP contribution in [0.3, 0.4) is 0 Å². The first-order valence-corrected chi connectivity index (χ1v) is 6.36. The lowest BCUT2D eigenvalue weighted by Crippen LogP contribution is -2.56. The molecule has 0 aromatic heterocycles. The van der Waals surface area contributed by atoms with Crippen molar-refractivity contribution in [1.82, 2.24) is 10.6 Å². The van der Waals surface area contributed by atoms with Crippen LogP contribution in [0.15, 0.2) is 30.3 Å². The van der Waals surface area contributed by atoms with E-state index < -0.39 is 0 Å². The van der Waals surface area contributed by atoms with E-state index in [0.717, 1.165) is 19.5 Å². The van der Waals surface area contributed by atoms with Crippen molar-refractivity contribution in [2.24, 2.45) is 0 Å². The van der Waals surface area contributed by atoms with Crippen LogP contribution in [0.1, 0.15) is 12.0 Å². The van der Waals surface area contributed by atoms with Crippen LogP contribution in [0.25, 0.3) is 0 Å². The maximum Gasteiger partial charge on any atom is 0.146 e. The third-order valence-corrected chi connectivity index (χ3v) is 3.60. The second-order valence-corrected chi connectivity index (χ2v) is 4.73. The van der Waals surface area contributed by atoms with Crippen LogP contribution in [0.4, 0.5) is 0 Å². The van der Waals surface area contributed by atoms with Gasteiger partial charge < -0.3 is 20.1 Å². The van der Waals surface area contributed by atoms with Crippen LogP contribution in [0.2, 0.25) is 0 Å². The fraction of sp³-hybridized carbons (Fsp3) is 0.571. The first-order valence-electron chi connectivity index (χ1n) is 6.36. The normalized spacial score (nSPS) is 28.2. The second-order valence-electron chi connectivity index (χ2n) is 4.73. The Kier molecular flexibility index (Phi) is 4.72. The van der Waals surface area contributed by atoms with Gasteiger partial charge in [0.05, 0.1) is 11.6 Å². The summed E-state index contributed by atoms with van der Waals surface area (Å²) in [6, 6.07) is 10.5. The highest BCUT2D eigenvalue weighted by Gasteiger charge is 2.36. The molecular weight excluding hydrogens is 228 g/mol. The van der Waals surface area contributed by atoms with Gasteiger partial charge >= 0.3 is 0 Å². The van der Waals surface area contributed by atoms with Crippen molar-refractivity contribution in [2.45, 2.75) is 18.1 Å². The molecule has 0 spiro atoms. The zero-order valence-electron chi connectivity index (χ0n) is 11.1. The molecular formula is C14H22N2O2. The molecule has 1 fully saturated rings. The lowest BCUT2D eigenvalue weighted by molar-refractivity contribution is -0.0881. The number of ether oxygens (including phenoxy) is 2. The minimum absolute atomic E-state index is 0.0576. The van der Waals surface area contributed by atoms with Gasteiger partial charge in [-0.2, -0.15) is 0 Å². The summed E-state index contributed by atoms with van der Waals surface area (Å²) in [6.45, 7) is 2.14. The minimum Gasteiger partial charge on any atom is -0.359 e. The summed E-state index contributed by atoms with van der Waals surface area (Å²) in [5.41, 5.74) is 1.24. The van der Waals surface area contributed by atoms with Gasteiger partial charge in [0.15, 0.2) is 0 Å². The predicted octanol–water partition coefficient (Wildman–Crippen LogP) is 1.08. The number of likely N-dealkylation sites (N-methyl/N-ethyl adjacent to an activating group) is 1. The Morgan fingerprint density at radius 2 is 2.17 bits per heavy atom. The molecule has 0 radical (unpaired) electrons. The van der Waals surface area contributed by atoms with Crippen molar-refractivity contribution in [2.75, 3.05) is 34.0 Å². The number of benzene rings is 1. The monoisotopic (exact) mass is 250 g/mol. The second kappa shape index (κ2) is 6.29. The molecule has 1 aliphatic rings. The fourth-order valence-electron chi connectivity index (χ4n) is 2.57. The lowest BCUT2D eigenvalue weighted by atomic mass is 9.82. The Morgan fingerprint density at radius 3 is 2.83 bits per heavy atom. The fourth-order valence-corrected chi connectivity index (χ4v) is 2.57. The summed E-state index contributed by atoms with van der Waals surface area (Å²) in [7, 11) is 3.66. The van der Waals surface area contributed by atoms with E-state index in [9.17, 15) is 0 Å². The first kappa shape index (κ1) is 13.5. The highest BCUT2D eigenvalue weighted by molar-refractivity contribution is 5.26. The van der Waals surface area contributed by atoms with E-state index in [-0.39, 0.29) is 11.6 Å². The van der Waals surface area contributed by atoms with Crippen LogP contribution in [-0.2, 0) is 15.0 Å². The summed E-state index contributed by atoms with van der Waals surface area (Å²) < 4.78 is 10.7. The Hall–Kier alpha value is -0.940. The smallest absolute Gasteiger partial charge is 0.146 e. The molecule has 4 heteroatoms. The molecule has 2 atom stereocenters. The van der Waals surface area contributed by atoms with Gasteiger partial charge in [0.1, 0.15) is 6.79 Å². The molecule has 18 heavy (non-hydrogen) atoms. The van der Waals surface area contributed by atoms with Crippen molar-refractivity contribution in [1.29, 1.82) is 0 Å². The molecule has 1 aromatic carbocycles. The molecule has 0 saturated carbocycles. The molecule has 1 heterocycles. The number of nitrogens with one attached hydrogen (secondary N) is 2. The van der Waals surface area contributed by atoms with Crippen molar-refractivity contribution in [3.05, 3.63) is 35.9 Å². The Labute approximate surface area is 109 Å². The van der Waals surface area contributed by atoms with Gasteiger partial charge in [-0.25, -0.2) is 0 Å². The van der Waals surface area contributed by atoms with Crippen LogP contribution >= 0.6 is 0 Å². The van der Waals surface area contributed by atoms with Crippen LogP contribution < -0.4 is 10.6 Å². The SMILES string of the molecule is CNC1(c2ccccc2)CNCC(OCOC)C1. The van der Waals surface area contributed by atoms with Gasteiger partial charge in [0.2, 0.25) is 0 Å². The Bertz CT molecular complexity index is 358. The Morgan fingerprint density at radius 1 is 1.39 bits per heavy atom. The summed E-state index contributed by atoms with van der Waals surface area (Å²) >= 11 is 0. The molecule has 0 bridgehead atoms. The molecule has 0 amide bonds. The molecule has 0 aliphatic carbocycles. The molecule has 1 aromatic rings. The maximum absolute atomic E-state index is 5.69. The highest BCUT2D eigenvalue weighted by atomic mass is 16.7. The third-order valence-electron chi connectivity index (χ3n) is 3.60. The molecule has 1 aliphatic heterocycles. The molecule has 2 unspecified atom stereocenters. The topological polar surface area (TPSA) is 42.5 Å². The first-order chi connectivity index (χ1) is 8.80. The van der Waals surface area contributed by atoms with Crippen molar-refractivity contribution in [3.8, 4) is 0 Å². The number of hydrogen-bond acceptors (Lipinski definition) is 4. The van der Waals surface area contributed by atoms with Gasteiger partial charge in [-0.3, -0.25) is 0 Å². The summed E-state index contributed by atoms with van der Waals surface area (Å²) in [5.74, 6) is 0. The number of hydrogen-bond donors (Lipinski definition) is 2. The number of methoxy groups -OCH3 is 1. The predicted molar refractivity (Wildman–Crippen MR) is 71.4 cm³/mol. The molecule has 4 nitrogen and oxygen atoms in total. The largest absolute Gasteiger partial charge is 0.359 e. The Balaban J connectivity index is 2.12. The summed E-state index contributed by atoms with van der Waals surface area (Å²) in [4.78, 5) is 0. The van der Waals surface area contributed by atoms with E-state index >= 15 is 0 Å². The zero-order valence-corrected chi connectivity index (χ0v) is 11.1. The molecule has 100 valence electrons. The standard InChI is InChI=1S/C14H22N2O2/c1-15-14(12-6-4-3-5-7-12)8-13(9-16-10-14)18-11-17-2/h3-7,13,15-16H,8-11H2,1-2H3. The van der Waals surface area contributed by atoms with E-state index in [1.165, 1.54) is 5.56 Å². The van der Waals surface area contributed by atoms with Crippen molar-refractivity contribution in [3.63, 3.8) is 0 Å². The average Bonchev–Trinajstić information content (AvgIpc) is 2.46. The van der Waals surface area contributed by atoms with Crippen molar-refractivity contribution >= 4 is 0 Å². The van der Waals surface area contributed by atoms with Gasteiger partial charge in [0, 0.05) is 20.2 Å². The molecule has 2 rings (SSSR count). The van der Waals surface area contributed by atoms with E-state index in [1.54, 1.807) is 7.11 Å². The van der Waals surface area contributed by atoms with E-state index in [0.29, 0.717) is 6.79 Å². The number of piperidine rings is 1.